The summed E-state index contributed by atoms with van der Waals surface area (Å²) in [6.07, 6.45) is 6.43. The number of allylic oxidation sites excluding steroid dienone is 1. The number of hydrogen-bond donors (Lipinski definition) is 2. The second-order valence-electron chi connectivity index (χ2n) is 8.57. The zero-order valence-electron chi connectivity index (χ0n) is 18.5. The maximum atomic E-state index is 14.0. The van der Waals surface area contributed by atoms with E-state index in [1.54, 1.807) is 23.1 Å². The molecule has 0 aromatic heterocycles. The average Bonchev–Trinajstić information content (AvgIpc) is 2.83. The molecule has 2 aliphatic heterocycles. The van der Waals surface area contributed by atoms with E-state index >= 15 is 0 Å². The lowest BCUT2D eigenvalue weighted by Gasteiger charge is -2.36. The molecular formula is C26H29FN4O2. The Labute approximate surface area is 193 Å². The summed E-state index contributed by atoms with van der Waals surface area (Å²) in [4.78, 5) is 32.3. The summed E-state index contributed by atoms with van der Waals surface area (Å²) in [5, 5.41) is 2.94. The summed E-state index contributed by atoms with van der Waals surface area (Å²) in [5.74, 6) is -0.741. The summed E-state index contributed by atoms with van der Waals surface area (Å²) in [6.45, 7) is 0.683. The van der Waals surface area contributed by atoms with E-state index in [0.717, 1.165) is 29.7 Å². The Hall–Kier alpha value is -3.32. The van der Waals surface area contributed by atoms with Gasteiger partial charge in [0.15, 0.2) is 0 Å². The Morgan fingerprint density at radius 2 is 1.88 bits per heavy atom. The number of carbonyl (C=O) groups excluding carboxylic acids is 2. The van der Waals surface area contributed by atoms with Crippen molar-refractivity contribution >= 4 is 18.0 Å². The van der Waals surface area contributed by atoms with Crippen molar-refractivity contribution in [3.63, 3.8) is 0 Å². The lowest BCUT2D eigenvalue weighted by molar-refractivity contribution is -0.142. The van der Waals surface area contributed by atoms with Crippen LogP contribution in [0, 0.1) is 5.82 Å². The van der Waals surface area contributed by atoms with Gasteiger partial charge in [-0.25, -0.2) is 4.39 Å². The van der Waals surface area contributed by atoms with Gasteiger partial charge in [-0.3, -0.25) is 14.6 Å². The Kier molecular flexibility index (Phi) is 7.29. The van der Waals surface area contributed by atoms with Gasteiger partial charge in [0, 0.05) is 31.6 Å². The highest BCUT2D eigenvalue weighted by molar-refractivity contribution is 5.89. The van der Waals surface area contributed by atoms with Crippen LogP contribution in [0.25, 0.3) is 0 Å². The quantitative estimate of drug-likeness (QED) is 0.683. The van der Waals surface area contributed by atoms with Crippen LogP contribution in [-0.2, 0) is 29.0 Å². The van der Waals surface area contributed by atoms with Gasteiger partial charge in [-0.05, 0) is 42.0 Å². The third kappa shape index (κ3) is 5.73. The van der Waals surface area contributed by atoms with Gasteiger partial charge in [-0.1, -0.05) is 48.5 Å². The molecular weight excluding hydrogens is 419 g/mol. The molecule has 0 spiro atoms. The van der Waals surface area contributed by atoms with Gasteiger partial charge >= 0.3 is 0 Å². The first-order valence-corrected chi connectivity index (χ1v) is 11.4. The monoisotopic (exact) mass is 448 g/mol. The topological polar surface area (TPSA) is 87.8 Å². The van der Waals surface area contributed by atoms with Crippen LogP contribution in [-0.4, -0.2) is 41.6 Å². The second-order valence-corrected chi connectivity index (χ2v) is 8.57. The van der Waals surface area contributed by atoms with Gasteiger partial charge in [-0.15, -0.1) is 0 Å². The molecule has 6 nitrogen and oxygen atoms in total. The van der Waals surface area contributed by atoms with Crippen molar-refractivity contribution in [3.05, 3.63) is 82.8 Å². The molecule has 0 aliphatic carbocycles. The van der Waals surface area contributed by atoms with Crippen LogP contribution in [0.15, 0.2) is 65.3 Å². The number of halogens is 1. The molecule has 172 valence electrons. The van der Waals surface area contributed by atoms with Crippen molar-refractivity contribution in [3.8, 4) is 0 Å². The lowest BCUT2D eigenvalue weighted by Crippen LogP contribution is -2.53. The van der Waals surface area contributed by atoms with Crippen molar-refractivity contribution in [2.45, 2.75) is 50.7 Å². The number of benzene rings is 2. The minimum atomic E-state index is -0.624. The molecule has 4 rings (SSSR count). The third-order valence-electron chi connectivity index (χ3n) is 6.12. The van der Waals surface area contributed by atoms with Gasteiger partial charge in [-0.2, -0.15) is 0 Å². The normalized spacial score (nSPS) is 18.3. The SMILES string of the molecule is NC(CC(=O)N1Cc2ccccc2C[C@H]1C(=O)NCC1=CCCC=N1)Cc1ccccc1F. The highest BCUT2D eigenvalue weighted by Gasteiger charge is 2.35. The number of hydrogen-bond acceptors (Lipinski definition) is 4. The number of fused-ring (bicyclic) bond motifs is 1. The predicted octanol–water partition coefficient (Wildman–Crippen LogP) is 2.90. The molecule has 1 unspecified atom stereocenters. The molecule has 33 heavy (non-hydrogen) atoms. The first-order valence-electron chi connectivity index (χ1n) is 11.4. The smallest absolute Gasteiger partial charge is 0.243 e. The Morgan fingerprint density at radius 1 is 1.12 bits per heavy atom. The van der Waals surface area contributed by atoms with Crippen LogP contribution in [0.5, 0.6) is 0 Å². The van der Waals surface area contributed by atoms with Crippen molar-refractivity contribution < 1.29 is 14.0 Å². The molecule has 0 bridgehead atoms. The minimum absolute atomic E-state index is 0.0374. The Morgan fingerprint density at radius 3 is 2.64 bits per heavy atom. The van der Waals surface area contributed by atoms with Crippen LogP contribution in [0.4, 0.5) is 4.39 Å². The van der Waals surface area contributed by atoms with Crippen molar-refractivity contribution in [2.75, 3.05) is 6.54 Å². The van der Waals surface area contributed by atoms with Gasteiger partial charge in [0.2, 0.25) is 11.8 Å². The number of carbonyl (C=O) groups is 2. The molecule has 3 N–H and O–H groups in total. The van der Waals surface area contributed by atoms with E-state index in [1.807, 2.05) is 36.6 Å². The standard InChI is InChI=1S/C26H29FN4O2/c27-23-11-4-3-8-19(23)13-21(28)15-25(32)31-17-20-9-2-1-7-18(20)14-24(31)26(33)30-16-22-10-5-6-12-29-22/h1-4,7-12,21,24H,5-6,13-17,28H2,(H,30,33)/t21?,24-/m0/s1. The van der Waals surface area contributed by atoms with Crippen LogP contribution >= 0.6 is 0 Å². The van der Waals surface area contributed by atoms with E-state index < -0.39 is 12.1 Å². The van der Waals surface area contributed by atoms with E-state index in [0.29, 0.717) is 25.1 Å². The lowest BCUT2D eigenvalue weighted by atomic mass is 9.92. The molecule has 0 saturated carbocycles. The summed E-state index contributed by atoms with van der Waals surface area (Å²) >= 11 is 0. The van der Waals surface area contributed by atoms with Gasteiger partial charge in [0.25, 0.3) is 0 Å². The van der Waals surface area contributed by atoms with Gasteiger partial charge in [0.1, 0.15) is 11.9 Å². The first kappa shape index (κ1) is 22.9. The number of nitrogens with zero attached hydrogens (tertiary/aromatic N) is 2. The molecule has 2 amide bonds. The molecule has 2 heterocycles. The molecule has 0 fully saturated rings. The zero-order chi connectivity index (χ0) is 23.2. The Balaban J connectivity index is 1.46. The van der Waals surface area contributed by atoms with Crippen molar-refractivity contribution in [1.29, 1.82) is 0 Å². The fourth-order valence-corrected chi connectivity index (χ4v) is 4.35. The average molecular weight is 449 g/mol. The number of amides is 2. The molecule has 0 radical (unpaired) electrons. The summed E-state index contributed by atoms with van der Waals surface area (Å²) < 4.78 is 14.0. The van der Waals surface area contributed by atoms with Gasteiger partial charge in [0.05, 0.1) is 12.2 Å². The zero-order valence-corrected chi connectivity index (χ0v) is 18.5. The fourth-order valence-electron chi connectivity index (χ4n) is 4.35. The molecule has 2 aromatic carbocycles. The number of rotatable bonds is 7. The molecule has 0 saturated heterocycles. The van der Waals surface area contributed by atoms with Gasteiger partial charge < -0.3 is 16.0 Å². The minimum Gasteiger partial charge on any atom is -0.349 e. The molecule has 7 heteroatoms. The van der Waals surface area contributed by atoms with Crippen molar-refractivity contribution in [1.82, 2.24) is 10.2 Å². The second kappa shape index (κ2) is 10.5. The van der Waals surface area contributed by atoms with Crippen molar-refractivity contribution in [2.24, 2.45) is 10.7 Å². The van der Waals surface area contributed by atoms with E-state index in [9.17, 15) is 14.0 Å². The van der Waals surface area contributed by atoms with E-state index in [1.165, 1.54) is 6.07 Å². The first-order chi connectivity index (χ1) is 16.0. The van der Waals surface area contributed by atoms with Crippen LogP contribution in [0.3, 0.4) is 0 Å². The molecule has 2 atom stereocenters. The maximum absolute atomic E-state index is 14.0. The van der Waals surface area contributed by atoms with Crippen LogP contribution in [0.1, 0.15) is 36.0 Å². The van der Waals surface area contributed by atoms with Crippen LogP contribution < -0.4 is 11.1 Å². The fraction of sp³-hybridized carbons (Fsp3) is 0.346. The summed E-state index contributed by atoms with van der Waals surface area (Å²) in [5.41, 5.74) is 9.62. The number of nitrogens with one attached hydrogen (secondary N) is 1. The molecule has 2 aromatic rings. The largest absolute Gasteiger partial charge is 0.349 e. The van der Waals surface area contributed by atoms with E-state index in [-0.39, 0.29) is 30.5 Å². The highest BCUT2D eigenvalue weighted by Crippen LogP contribution is 2.25. The summed E-state index contributed by atoms with van der Waals surface area (Å²) in [6, 6.07) is 13.1. The molecule has 2 aliphatic rings. The predicted molar refractivity (Wildman–Crippen MR) is 126 cm³/mol. The maximum Gasteiger partial charge on any atom is 0.243 e. The Bertz CT molecular complexity index is 1080. The van der Waals surface area contributed by atoms with Crippen LogP contribution in [0.2, 0.25) is 0 Å². The van der Waals surface area contributed by atoms with E-state index in [4.69, 9.17) is 5.73 Å². The van der Waals surface area contributed by atoms with E-state index in [2.05, 4.69) is 10.3 Å². The third-order valence-corrected chi connectivity index (χ3v) is 6.12. The highest BCUT2D eigenvalue weighted by atomic mass is 19.1. The number of aliphatic imine (C=N–C) groups is 1. The summed E-state index contributed by atoms with van der Waals surface area (Å²) in [7, 11) is 0. The number of nitrogens with two attached hydrogens (primary N) is 1.